The Morgan fingerprint density at radius 3 is 2.04 bits per heavy atom. The second-order valence-electron chi connectivity index (χ2n) is 7.94. The van der Waals surface area contributed by atoms with Crippen molar-refractivity contribution >= 4 is 5.97 Å². The van der Waals surface area contributed by atoms with Crippen LogP contribution >= 0.6 is 0 Å². The Morgan fingerprint density at radius 2 is 1.38 bits per heavy atom. The number of carbonyl (C=O) groups is 1. The Kier molecular flexibility index (Phi) is 15.5. The molecule has 0 unspecified atom stereocenters. The van der Waals surface area contributed by atoms with Crippen LogP contribution in [0.1, 0.15) is 111 Å². The van der Waals surface area contributed by atoms with Gasteiger partial charge in [0, 0.05) is 6.42 Å². The summed E-state index contributed by atoms with van der Waals surface area (Å²) < 4.78 is 0. The fourth-order valence-corrected chi connectivity index (χ4v) is 2.53. The Morgan fingerprint density at radius 1 is 0.792 bits per heavy atom. The molecule has 0 aliphatic rings. The normalized spacial score (nSPS) is 11.7. The van der Waals surface area contributed by atoms with Gasteiger partial charge in [0.05, 0.1) is 6.61 Å². The Hall–Kier alpha value is -0.610. The van der Waals surface area contributed by atoms with E-state index < -0.39 is 0 Å². The SMILES string of the molecule is CCCCCCCCOOOC(=O)CCCCCCCC(C)(C)C. The summed E-state index contributed by atoms with van der Waals surface area (Å²) in [6, 6.07) is 0. The third kappa shape index (κ3) is 19.4. The molecule has 24 heavy (non-hydrogen) atoms. The molecule has 0 aliphatic carbocycles. The second-order valence-corrected chi connectivity index (χ2v) is 7.94. The van der Waals surface area contributed by atoms with Crippen molar-refractivity contribution in [3.63, 3.8) is 0 Å². The van der Waals surface area contributed by atoms with Crippen molar-refractivity contribution < 1.29 is 19.6 Å². The molecule has 0 rings (SSSR count). The van der Waals surface area contributed by atoms with E-state index >= 15 is 0 Å². The molecule has 0 aromatic carbocycles. The molecule has 0 N–H and O–H groups in total. The molecule has 0 saturated heterocycles. The van der Waals surface area contributed by atoms with Crippen molar-refractivity contribution in [2.75, 3.05) is 6.61 Å². The van der Waals surface area contributed by atoms with Crippen molar-refractivity contribution in [2.45, 2.75) is 111 Å². The van der Waals surface area contributed by atoms with E-state index in [2.05, 4.69) is 37.6 Å². The molecule has 0 fully saturated rings. The molecule has 0 atom stereocenters. The molecular weight excluding hydrogens is 304 g/mol. The molecule has 0 radical (unpaired) electrons. The first kappa shape index (κ1) is 23.4. The van der Waals surface area contributed by atoms with Gasteiger partial charge in [-0.05, 0) is 29.7 Å². The molecular formula is C20H40O4. The van der Waals surface area contributed by atoms with Crippen molar-refractivity contribution in [1.82, 2.24) is 0 Å². The molecule has 4 nitrogen and oxygen atoms in total. The topological polar surface area (TPSA) is 44.8 Å². The fourth-order valence-electron chi connectivity index (χ4n) is 2.53. The number of rotatable bonds is 16. The molecule has 144 valence electrons. The van der Waals surface area contributed by atoms with Crippen LogP contribution in [-0.2, 0) is 19.6 Å². The summed E-state index contributed by atoms with van der Waals surface area (Å²) in [7, 11) is 0. The minimum Gasteiger partial charge on any atom is -0.269 e. The first-order valence-electron chi connectivity index (χ1n) is 9.94. The minimum atomic E-state index is -0.340. The first-order valence-corrected chi connectivity index (χ1v) is 9.94. The lowest BCUT2D eigenvalue weighted by atomic mass is 9.89. The van der Waals surface area contributed by atoms with Crippen LogP contribution in [0.2, 0.25) is 0 Å². The molecule has 0 amide bonds. The predicted octanol–water partition coefficient (Wildman–Crippen LogP) is 6.53. The maximum absolute atomic E-state index is 11.4. The Bertz CT molecular complexity index is 284. The molecule has 0 spiro atoms. The van der Waals surface area contributed by atoms with Gasteiger partial charge in [0.2, 0.25) is 0 Å². The first-order chi connectivity index (χ1) is 11.5. The lowest BCUT2D eigenvalue weighted by Gasteiger charge is -2.17. The zero-order valence-corrected chi connectivity index (χ0v) is 16.5. The van der Waals surface area contributed by atoms with Gasteiger partial charge in [0.1, 0.15) is 0 Å². The van der Waals surface area contributed by atoms with E-state index in [1.165, 1.54) is 51.4 Å². The summed E-state index contributed by atoms with van der Waals surface area (Å²) >= 11 is 0. The summed E-state index contributed by atoms with van der Waals surface area (Å²) in [4.78, 5) is 20.9. The van der Waals surface area contributed by atoms with Crippen LogP contribution < -0.4 is 0 Å². The number of unbranched alkanes of at least 4 members (excludes halogenated alkanes) is 9. The molecule has 4 heteroatoms. The molecule has 0 saturated carbocycles. The molecule has 0 aromatic heterocycles. The maximum atomic E-state index is 11.4. The fraction of sp³-hybridized carbons (Fsp3) is 0.950. The van der Waals surface area contributed by atoms with Crippen LogP contribution in [0, 0.1) is 5.41 Å². The van der Waals surface area contributed by atoms with E-state index in [0.717, 1.165) is 25.7 Å². The Balaban J connectivity index is 3.21. The third-order valence-electron chi connectivity index (χ3n) is 4.06. The number of hydrogen-bond acceptors (Lipinski definition) is 4. The smallest absolute Gasteiger partial charge is 0.269 e. The van der Waals surface area contributed by atoms with E-state index in [9.17, 15) is 4.79 Å². The van der Waals surface area contributed by atoms with Crippen molar-refractivity contribution in [1.29, 1.82) is 0 Å². The van der Waals surface area contributed by atoms with Crippen molar-refractivity contribution in [2.24, 2.45) is 5.41 Å². The van der Waals surface area contributed by atoms with Crippen LogP contribution in [0.4, 0.5) is 0 Å². The second kappa shape index (κ2) is 15.9. The van der Waals surface area contributed by atoms with E-state index in [1.807, 2.05) is 0 Å². The lowest BCUT2D eigenvalue weighted by Crippen LogP contribution is -2.07. The van der Waals surface area contributed by atoms with Gasteiger partial charge in [-0.3, -0.25) is 4.89 Å². The van der Waals surface area contributed by atoms with Gasteiger partial charge in [0.15, 0.2) is 0 Å². The Labute approximate surface area is 149 Å². The zero-order chi connectivity index (χ0) is 18.1. The van der Waals surface area contributed by atoms with Crippen LogP contribution in [0.5, 0.6) is 0 Å². The van der Waals surface area contributed by atoms with Crippen molar-refractivity contribution in [3.05, 3.63) is 0 Å². The van der Waals surface area contributed by atoms with Gasteiger partial charge in [-0.1, -0.05) is 85.5 Å². The lowest BCUT2D eigenvalue weighted by molar-refractivity contribution is -0.486. The van der Waals surface area contributed by atoms with E-state index in [1.54, 1.807) is 0 Å². The molecule has 0 aromatic rings. The van der Waals surface area contributed by atoms with Crippen LogP contribution in [0.25, 0.3) is 0 Å². The highest BCUT2D eigenvalue weighted by Crippen LogP contribution is 2.22. The van der Waals surface area contributed by atoms with E-state index in [-0.39, 0.29) is 5.97 Å². The number of hydrogen-bond donors (Lipinski definition) is 0. The summed E-state index contributed by atoms with van der Waals surface area (Å²) in [5, 5.41) is 4.51. The van der Waals surface area contributed by atoms with Crippen molar-refractivity contribution in [3.8, 4) is 0 Å². The largest absolute Gasteiger partial charge is 0.345 e. The van der Waals surface area contributed by atoms with Gasteiger partial charge in [-0.2, -0.15) is 4.89 Å². The predicted molar refractivity (Wildman–Crippen MR) is 98.3 cm³/mol. The standard InChI is InChI=1S/C20H40O4/c1-5-6-7-8-12-15-18-22-24-23-19(21)16-13-10-9-11-14-17-20(2,3)4/h5-18H2,1-4H3. The number of carbonyl (C=O) groups excluding carboxylic acids is 1. The van der Waals surface area contributed by atoms with Gasteiger partial charge in [-0.15, -0.1) is 0 Å². The summed E-state index contributed by atoms with van der Waals surface area (Å²) in [6.45, 7) is 9.51. The van der Waals surface area contributed by atoms with E-state index in [4.69, 9.17) is 4.89 Å². The third-order valence-corrected chi connectivity index (χ3v) is 4.06. The minimum absolute atomic E-state index is 0.340. The summed E-state index contributed by atoms with van der Waals surface area (Å²) in [5.74, 6) is -0.340. The van der Waals surface area contributed by atoms with Gasteiger partial charge < -0.3 is 0 Å². The monoisotopic (exact) mass is 344 g/mol. The summed E-state index contributed by atoms with van der Waals surface area (Å²) in [6.07, 6.45) is 14.4. The van der Waals surface area contributed by atoms with Gasteiger partial charge in [0.25, 0.3) is 0 Å². The highest BCUT2D eigenvalue weighted by Gasteiger charge is 2.09. The van der Waals surface area contributed by atoms with Gasteiger partial charge >= 0.3 is 5.97 Å². The van der Waals surface area contributed by atoms with E-state index in [0.29, 0.717) is 18.4 Å². The van der Waals surface area contributed by atoms with Crippen LogP contribution in [0.15, 0.2) is 0 Å². The quantitative estimate of drug-likeness (QED) is 0.181. The van der Waals surface area contributed by atoms with Gasteiger partial charge in [-0.25, -0.2) is 4.79 Å². The average Bonchev–Trinajstić information content (AvgIpc) is 2.51. The van der Waals surface area contributed by atoms with Crippen LogP contribution in [0.3, 0.4) is 0 Å². The maximum Gasteiger partial charge on any atom is 0.345 e. The molecule has 0 aliphatic heterocycles. The highest BCUT2D eigenvalue weighted by atomic mass is 17.5. The summed E-state index contributed by atoms with van der Waals surface area (Å²) in [5.41, 5.74) is 0.427. The molecule has 0 heterocycles. The van der Waals surface area contributed by atoms with Crippen LogP contribution in [-0.4, -0.2) is 12.6 Å². The average molecular weight is 345 g/mol. The highest BCUT2D eigenvalue weighted by molar-refractivity contribution is 5.68. The molecule has 0 bridgehead atoms. The zero-order valence-electron chi connectivity index (χ0n) is 16.5.